The average molecular weight is 270 g/mol. The first-order valence-corrected chi connectivity index (χ1v) is 6.22. The topological polar surface area (TPSA) is 61.4 Å². The first-order chi connectivity index (χ1) is 9.13. The van der Waals surface area contributed by atoms with Crippen LogP contribution in [0.4, 0.5) is 13.6 Å². The summed E-state index contributed by atoms with van der Waals surface area (Å²) in [5, 5.41) is 13.8. The summed E-state index contributed by atoms with van der Waals surface area (Å²) in [5.41, 5.74) is 0.0446. The van der Waals surface area contributed by atoms with Gasteiger partial charge in [-0.1, -0.05) is 6.07 Å². The van der Waals surface area contributed by atoms with E-state index in [-0.39, 0.29) is 30.2 Å². The molecule has 0 heterocycles. The van der Waals surface area contributed by atoms with Crippen molar-refractivity contribution in [2.24, 2.45) is 0 Å². The van der Waals surface area contributed by atoms with E-state index in [0.29, 0.717) is 19.4 Å². The van der Waals surface area contributed by atoms with Gasteiger partial charge in [-0.2, -0.15) is 0 Å². The normalized spacial score (nSPS) is 21.0. The van der Waals surface area contributed by atoms with Gasteiger partial charge in [0.25, 0.3) is 0 Å². The monoisotopic (exact) mass is 270 g/mol. The highest BCUT2D eigenvalue weighted by Crippen LogP contribution is 2.42. The number of aliphatic hydroxyl groups is 1. The molecule has 0 aromatic heterocycles. The number of hydrogen-bond acceptors (Lipinski definition) is 2. The number of hydrogen-bond donors (Lipinski definition) is 3. The average Bonchev–Trinajstić information content (AvgIpc) is 3.08. The van der Waals surface area contributed by atoms with Crippen LogP contribution in [0.15, 0.2) is 18.2 Å². The molecule has 2 amide bonds. The lowest BCUT2D eigenvalue weighted by Crippen LogP contribution is -2.38. The second-order valence-corrected chi connectivity index (χ2v) is 4.56. The summed E-state index contributed by atoms with van der Waals surface area (Å²) in [6.45, 7) is 0.376. The van der Waals surface area contributed by atoms with Gasteiger partial charge in [-0.05, 0) is 25.0 Å². The lowest BCUT2D eigenvalue weighted by molar-refractivity contribution is 0.237. The zero-order valence-electron chi connectivity index (χ0n) is 10.3. The summed E-state index contributed by atoms with van der Waals surface area (Å²) in [6.07, 6.45) is 1.01. The van der Waals surface area contributed by atoms with Crippen LogP contribution in [0.2, 0.25) is 0 Å². The van der Waals surface area contributed by atoms with Crippen molar-refractivity contribution in [3.8, 4) is 0 Å². The molecule has 0 radical (unpaired) electrons. The molecule has 2 unspecified atom stereocenters. The van der Waals surface area contributed by atoms with Crippen molar-refractivity contribution in [3.63, 3.8) is 0 Å². The van der Waals surface area contributed by atoms with Crippen LogP contribution in [0, 0.1) is 11.6 Å². The molecule has 1 aromatic carbocycles. The predicted molar refractivity (Wildman–Crippen MR) is 65.7 cm³/mol. The van der Waals surface area contributed by atoms with Gasteiger partial charge in [-0.15, -0.1) is 0 Å². The highest BCUT2D eigenvalue weighted by Gasteiger charge is 2.42. The predicted octanol–water partition coefficient (Wildman–Crippen LogP) is 1.50. The molecule has 1 aliphatic carbocycles. The number of halogens is 2. The standard InChI is InChI=1S/C13H16F2N2O2/c14-9-3-1-4-10(15)12(9)8-7-11(8)17-13(19)16-5-2-6-18/h1,3-4,8,11,18H,2,5-7H2,(H2,16,17,19). The largest absolute Gasteiger partial charge is 0.396 e. The Labute approximate surface area is 109 Å². The van der Waals surface area contributed by atoms with Gasteiger partial charge in [0.1, 0.15) is 11.6 Å². The summed E-state index contributed by atoms with van der Waals surface area (Å²) < 4.78 is 27.0. The molecule has 4 nitrogen and oxygen atoms in total. The van der Waals surface area contributed by atoms with Crippen LogP contribution in [0.25, 0.3) is 0 Å². The highest BCUT2D eigenvalue weighted by atomic mass is 19.1. The number of aliphatic hydroxyl groups excluding tert-OH is 1. The van der Waals surface area contributed by atoms with Crippen LogP contribution < -0.4 is 10.6 Å². The van der Waals surface area contributed by atoms with Crippen LogP contribution in [-0.2, 0) is 0 Å². The molecule has 2 atom stereocenters. The number of amides is 2. The second kappa shape index (κ2) is 5.97. The van der Waals surface area contributed by atoms with Gasteiger partial charge < -0.3 is 15.7 Å². The van der Waals surface area contributed by atoms with Crippen molar-refractivity contribution >= 4 is 6.03 Å². The Hall–Kier alpha value is -1.69. The Morgan fingerprint density at radius 2 is 2.05 bits per heavy atom. The Kier molecular flexibility index (Phi) is 4.31. The molecule has 0 saturated heterocycles. The fraction of sp³-hybridized carbons (Fsp3) is 0.462. The van der Waals surface area contributed by atoms with Gasteiger partial charge in [0.15, 0.2) is 0 Å². The van der Waals surface area contributed by atoms with E-state index >= 15 is 0 Å². The lowest BCUT2D eigenvalue weighted by atomic mass is 10.1. The van der Waals surface area contributed by atoms with Crippen molar-refractivity contribution in [2.45, 2.75) is 24.8 Å². The molecule has 104 valence electrons. The maximum absolute atomic E-state index is 13.5. The minimum atomic E-state index is -0.574. The number of nitrogens with one attached hydrogen (secondary N) is 2. The third kappa shape index (κ3) is 3.41. The van der Waals surface area contributed by atoms with Crippen LogP contribution in [0.5, 0.6) is 0 Å². The summed E-state index contributed by atoms with van der Waals surface area (Å²) in [4.78, 5) is 11.4. The molecule has 19 heavy (non-hydrogen) atoms. The molecule has 0 bridgehead atoms. The number of carbonyl (C=O) groups is 1. The second-order valence-electron chi connectivity index (χ2n) is 4.56. The smallest absolute Gasteiger partial charge is 0.315 e. The maximum Gasteiger partial charge on any atom is 0.315 e. The summed E-state index contributed by atoms with van der Waals surface area (Å²) in [5.74, 6) is -1.45. The zero-order valence-corrected chi connectivity index (χ0v) is 10.3. The van der Waals surface area contributed by atoms with E-state index < -0.39 is 11.6 Å². The van der Waals surface area contributed by atoms with E-state index in [0.717, 1.165) is 0 Å². The van der Waals surface area contributed by atoms with Gasteiger partial charge in [0.05, 0.1) is 0 Å². The van der Waals surface area contributed by atoms with E-state index in [2.05, 4.69) is 10.6 Å². The van der Waals surface area contributed by atoms with Crippen molar-refractivity contribution in [3.05, 3.63) is 35.4 Å². The molecule has 1 saturated carbocycles. The van der Waals surface area contributed by atoms with Crippen LogP contribution in [0.1, 0.15) is 24.3 Å². The van der Waals surface area contributed by atoms with Gasteiger partial charge in [0, 0.05) is 30.7 Å². The molecular weight excluding hydrogens is 254 g/mol. The Morgan fingerprint density at radius 1 is 1.37 bits per heavy atom. The molecule has 0 aliphatic heterocycles. The van der Waals surface area contributed by atoms with E-state index in [4.69, 9.17) is 5.11 Å². The van der Waals surface area contributed by atoms with E-state index in [1.165, 1.54) is 18.2 Å². The van der Waals surface area contributed by atoms with Gasteiger partial charge in [-0.3, -0.25) is 0 Å². The summed E-state index contributed by atoms with van der Waals surface area (Å²) >= 11 is 0. The van der Waals surface area contributed by atoms with Crippen LogP contribution in [-0.4, -0.2) is 30.3 Å². The molecule has 2 rings (SSSR count). The zero-order chi connectivity index (χ0) is 13.8. The SMILES string of the molecule is O=C(NCCCO)NC1CC1c1c(F)cccc1F. The van der Waals surface area contributed by atoms with Crippen LogP contribution >= 0.6 is 0 Å². The van der Waals surface area contributed by atoms with Gasteiger partial charge in [-0.25, -0.2) is 13.6 Å². The third-order valence-electron chi connectivity index (χ3n) is 3.10. The maximum atomic E-state index is 13.5. The van der Waals surface area contributed by atoms with Crippen LogP contribution in [0.3, 0.4) is 0 Å². The Morgan fingerprint density at radius 3 is 2.68 bits per heavy atom. The lowest BCUT2D eigenvalue weighted by Gasteiger charge is -2.07. The minimum absolute atomic E-state index is 0.00672. The first-order valence-electron chi connectivity index (χ1n) is 6.22. The molecule has 1 aromatic rings. The fourth-order valence-corrected chi connectivity index (χ4v) is 2.04. The molecule has 0 spiro atoms. The third-order valence-corrected chi connectivity index (χ3v) is 3.10. The summed E-state index contributed by atoms with van der Waals surface area (Å²) in [6, 6.07) is 3.14. The first kappa shape index (κ1) is 13.7. The van der Waals surface area contributed by atoms with E-state index in [1.54, 1.807) is 0 Å². The number of carbonyl (C=O) groups excluding carboxylic acids is 1. The number of rotatable bonds is 5. The molecule has 3 N–H and O–H groups in total. The summed E-state index contributed by atoms with van der Waals surface area (Å²) in [7, 11) is 0. The Balaban J connectivity index is 1.86. The van der Waals surface area contributed by atoms with E-state index in [1.807, 2.05) is 0 Å². The molecule has 1 aliphatic rings. The fourth-order valence-electron chi connectivity index (χ4n) is 2.04. The molecule has 1 fully saturated rings. The van der Waals surface area contributed by atoms with Crippen molar-refractivity contribution in [1.29, 1.82) is 0 Å². The van der Waals surface area contributed by atoms with Crippen molar-refractivity contribution in [1.82, 2.24) is 10.6 Å². The number of benzene rings is 1. The van der Waals surface area contributed by atoms with Crippen molar-refractivity contribution < 1.29 is 18.7 Å². The van der Waals surface area contributed by atoms with E-state index in [9.17, 15) is 13.6 Å². The van der Waals surface area contributed by atoms with Crippen molar-refractivity contribution in [2.75, 3.05) is 13.2 Å². The minimum Gasteiger partial charge on any atom is -0.396 e. The van der Waals surface area contributed by atoms with Gasteiger partial charge in [0.2, 0.25) is 0 Å². The molecular formula is C13H16F2N2O2. The highest BCUT2D eigenvalue weighted by molar-refractivity contribution is 5.74. The number of urea groups is 1. The molecule has 6 heteroatoms. The van der Waals surface area contributed by atoms with Gasteiger partial charge >= 0.3 is 6.03 Å². The quantitative estimate of drug-likeness (QED) is 0.710. The Bertz CT molecular complexity index is 448.